The molecule has 3 nitrogen and oxygen atoms in total. The van der Waals surface area contributed by atoms with Gasteiger partial charge in [-0.05, 0) is 91.2 Å². The average molecular weight is 399 g/mol. The molecule has 3 aliphatic rings. The van der Waals surface area contributed by atoms with Crippen LogP contribution in [0.25, 0.3) is 6.08 Å². The Bertz CT molecular complexity index is 1010. The molecule has 1 N–H and O–H groups in total. The Hall–Kier alpha value is -2.68. The number of hydrogen-bond acceptors (Lipinski definition) is 3. The molecule has 0 amide bonds. The minimum atomic E-state index is 0.191. The minimum Gasteiger partial charge on any atom is -0.508 e. The predicted molar refractivity (Wildman–Crippen MR) is 124 cm³/mol. The molecule has 4 atom stereocenters. The van der Waals surface area contributed by atoms with Crippen molar-refractivity contribution >= 4 is 18.0 Å². The maximum absolute atomic E-state index is 9.86. The zero-order valence-electron chi connectivity index (χ0n) is 17.7. The molecule has 2 aromatic carbocycles. The molecule has 0 bridgehead atoms. The van der Waals surface area contributed by atoms with Crippen LogP contribution in [-0.2, 0) is 6.42 Å². The van der Waals surface area contributed by atoms with E-state index < -0.39 is 0 Å². The van der Waals surface area contributed by atoms with E-state index in [9.17, 15) is 5.11 Å². The Balaban J connectivity index is 1.32. The zero-order chi connectivity index (χ0) is 20.6. The highest BCUT2D eigenvalue weighted by atomic mass is 16.3. The van der Waals surface area contributed by atoms with Crippen LogP contribution in [0.4, 0.5) is 0 Å². The van der Waals surface area contributed by atoms with E-state index in [0.29, 0.717) is 17.6 Å². The molecule has 0 heterocycles. The fourth-order valence-electron chi connectivity index (χ4n) is 6.38. The summed E-state index contributed by atoms with van der Waals surface area (Å²) in [6.45, 7) is 2.43. The average Bonchev–Trinajstić information content (AvgIpc) is 3.10. The summed E-state index contributed by atoms with van der Waals surface area (Å²) in [6.07, 6.45) is 12.9. The van der Waals surface area contributed by atoms with Crippen molar-refractivity contribution < 1.29 is 5.11 Å². The highest BCUT2D eigenvalue weighted by Gasteiger charge is 2.53. The summed E-state index contributed by atoms with van der Waals surface area (Å²) in [7, 11) is 0. The molecule has 154 valence electrons. The van der Waals surface area contributed by atoms with E-state index in [-0.39, 0.29) is 5.41 Å². The number of hydrogen-bond donors (Lipinski definition) is 1. The lowest BCUT2D eigenvalue weighted by molar-refractivity contribution is 0.0955. The maximum Gasteiger partial charge on any atom is 0.115 e. The number of phenols is 1. The van der Waals surface area contributed by atoms with Crippen LogP contribution >= 0.6 is 0 Å². The zero-order valence-corrected chi connectivity index (χ0v) is 17.7. The van der Waals surface area contributed by atoms with Gasteiger partial charge in [0.15, 0.2) is 0 Å². The lowest BCUT2D eigenvalue weighted by atomic mass is 9.55. The second-order valence-electron chi connectivity index (χ2n) is 9.37. The number of aryl methyl sites for hydroxylation is 1. The van der Waals surface area contributed by atoms with Gasteiger partial charge in [-0.3, -0.25) is 0 Å². The van der Waals surface area contributed by atoms with Crippen LogP contribution in [0.2, 0.25) is 0 Å². The maximum atomic E-state index is 9.86. The summed E-state index contributed by atoms with van der Waals surface area (Å²) < 4.78 is 0. The summed E-state index contributed by atoms with van der Waals surface area (Å²) in [5.74, 6) is 2.48. The van der Waals surface area contributed by atoms with Crippen LogP contribution in [0.1, 0.15) is 61.6 Å². The summed E-state index contributed by atoms with van der Waals surface area (Å²) >= 11 is 0. The lowest BCUT2D eigenvalue weighted by Crippen LogP contribution is -2.42. The predicted octanol–water partition coefficient (Wildman–Crippen LogP) is 6.39. The standard InChI is InChI=1S/C27H30N2O/c1-27-16-15-23-22-12-10-21(30)18-20(22)9-11-24(23)25(27)13-14-26(27)29-28-17-5-8-19-6-3-2-4-7-19/h2-8,10,12,17-18,23-25,30H,9,11,13-16H2,1H3/b8-5+,28-17-,29-26-/t23-,24-,25-,27+/m0/s1. The number of benzene rings is 2. The fourth-order valence-corrected chi connectivity index (χ4v) is 6.38. The van der Waals surface area contributed by atoms with E-state index in [0.717, 1.165) is 18.8 Å². The van der Waals surface area contributed by atoms with Crippen LogP contribution in [0.3, 0.4) is 0 Å². The minimum absolute atomic E-state index is 0.191. The number of fused-ring (bicyclic) bond motifs is 5. The van der Waals surface area contributed by atoms with E-state index in [4.69, 9.17) is 5.10 Å². The van der Waals surface area contributed by atoms with E-state index in [2.05, 4.69) is 36.3 Å². The molecule has 30 heavy (non-hydrogen) atoms. The topological polar surface area (TPSA) is 45.0 Å². The normalized spacial score (nSPS) is 31.8. The van der Waals surface area contributed by atoms with Gasteiger partial charge in [0.1, 0.15) is 5.75 Å². The molecule has 0 saturated heterocycles. The van der Waals surface area contributed by atoms with Gasteiger partial charge < -0.3 is 5.11 Å². The second-order valence-corrected chi connectivity index (χ2v) is 9.37. The van der Waals surface area contributed by atoms with Crippen molar-refractivity contribution in [3.63, 3.8) is 0 Å². The Morgan fingerprint density at radius 1 is 1.03 bits per heavy atom. The van der Waals surface area contributed by atoms with Crippen LogP contribution < -0.4 is 0 Å². The molecular weight excluding hydrogens is 368 g/mol. The van der Waals surface area contributed by atoms with E-state index in [1.807, 2.05) is 42.6 Å². The fraction of sp³-hybridized carbons (Fsp3) is 0.407. The molecule has 0 radical (unpaired) electrons. The highest BCUT2D eigenvalue weighted by molar-refractivity contribution is 5.93. The first-order chi connectivity index (χ1) is 14.6. The SMILES string of the molecule is C[C@@]12CC[C@H]3c4ccc(O)cc4CC[C@@H]3[C@@H]1CC/C2=N/N=C\C=C\c1ccccc1. The molecule has 2 saturated carbocycles. The van der Waals surface area contributed by atoms with Crippen molar-refractivity contribution in [2.24, 2.45) is 27.5 Å². The number of allylic oxidation sites excluding steroid dienone is 1. The third-order valence-corrected chi connectivity index (χ3v) is 7.87. The van der Waals surface area contributed by atoms with Crippen molar-refractivity contribution in [2.75, 3.05) is 0 Å². The van der Waals surface area contributed by atoms with Gasteiger partial charge in [-0.15, -0.1) is 0 Å². The summed E-state index contributed by atoms with van der Waals surface area (Å²) in [5.41, 5.74) is 5.51. The van der Waals surface area contributed by atoms with Gasteiger partial charge in [0.25, 0.3) is 0 Å². The molecule has 5 rings (SSSR count). The number of nitrogens with zero attached hydrogens (tertiary/aromatic N) is 2. The van der Waals surface area contributed by atoms with Crippen LogP contribution in [0.5, 0.6) is 5.75 Å². The van der Waals surface area contributed by atoms with E-state index >= 15 is 0 Å². The number of aromatic hydroxyl groups is 1. The van der Waals surface area contributed by atoms with Crippen LogP contribution in [-0.4, -0.2) is 17.0 Å². The molecule has 2 fully saturated rings. The molecule has 0 aliphatic heterocycles. The van der Waals surface area contributed by atoms with Gasteiger partial charge in [0.2, 0.25) is 0 Å². The Morgan fingerprint density at radius 2 is 1.90 bits per heavy atom. The first-order valence-electron chi connectivity index (χ1n) is 11.3. The molecule has 2 aromatic rings. The third-order valence-electron chi connectivity index (χ3n) is 7.87. The van der Waals surface area contributed by atoms with Gasteiger partial charge in [-0.1, -0.05) is 49.4 Å². The second kappa shape index (κ2) is 7.86. The largest absolute Gasteiger partial charge is 0.508 e. The molecule has 0 unspecified atom stereocenters. The quantitative estimate of drug-likeness (QED) is 0.472. The molecule has 3 heteroatoms. The van der Waals surface area contributed by atoms with Crippen LogP contribution in [0, 0.1) is 17.3 Å². The molecule has 3 aliphatic carbocycles. The summed E-state index contributed by atoms with van der Waals surface area (Å²) in [5, 5.41) is 19.0. The van der Waals surface area contributed by atoms with Gasteiger partial charge in [0, 0.05) is 17.3 Å². The lowest BCUT2D eigenvalue weighted by Gasteiger charge is -2.49. The van der Waals surface area contributed by atoms with Crippen molar-refractivity contribution in [1.82, 2.24) is 0 Å². The molecule has 0 spiro atoms. The van der Waals surface area contributed by atoms with Gasteiger partial charge in [-0.2, -0.15) is 10.2 Å². The Labute approximate surface area is 179 Å². The number of rotatable bonds is 3. The monoisotopic (exact) mass is 398 g/mol. The van der Waals surface area contributed by atoms with Gasteiger partial charge in [-0.25, -0.2) is 0 Å². The van der Waals surface area contributed by atoms with Gasteiger partial charge >= 0.3 is 0 Å². The molecular formula is C27H30N2O. The van der Waals surface area contributed by atoms with Crippen molar-refractivity contribution in [2.45, 2.75) is 51.4 Å². The first-order valence-corrected chi connectivity index (χ1v) is 11.3. The van der Waals surface area contributed by atoms with E-state index in [1.165, 1.54) is 48.1 Å². The Morgan fingerprint density at radius 3 is 2.77 bits per heavy atom. The van der Waals surface area contributed by atoms with Crippen molar-refractivity contribution in [3.8, 4) is 5.75 Å². The highest BCUT2D eigenvalue weighted by Crippen LogP contribution is 2.60. The van der Waals surface area contributed by atoms with Crippen molar-refractivity contribution in [1.29, 1.82) is 0 Å². The van der Waals surface area contributed by atoms with Crippen molar-refractivity contribution in [3.05, 3.63) is 71.3 Å². The first kappa shape index (κ1) is 19.3. The van der Waals surface area contributed by atoms with E-state index in [1.54, 1.807) is 0 Å². The number of phenolic OH excluding ortho intramolecular Hbond substituents is 1. The summed E-state index contributed by atoms with van der Waals surface area (Å²) in [6, 6.07) is 16.3. The summed E-state index contributed by atoms with van der Waals surface area (Å²) in [4.78, 5) is 0. The molecule has 0 aromatic heterocycles. The Kier molecular flexibility index (Phi) is 5.06. The smallest absolute Gasteiger partial charge is 0.115 e. The third kappa shape index (κ3) is 3.40. The van der Waals surface area contributed by atoms with Crippen LogP contribution in [0.15, 0.2) is 64.8 Å². The van der Waals surface area contributed by atoms with Gasteiger partial charge in [0.05, 0.1) is 0 Å².